The fourth-order valence-electron chi connectivity index (χ4n) is 3.31. The van der Waals surface area contributed by atoms with Crippen molar-refractivity contribution in [3.8, 4) is 5.69 Å². The molecule has 0 spiro atoms. The summed E-state index contributed by atoms with van der Waals surface area (Å²) >= 11 is 2.65. The molecule has 0 aliphatic rings. The molecule has 2 heterocycles. The van der Waals surface area contributed by atoms with E-state index < -0.39 is 0 Å². The van der Waals surface area contributed by atoms with Gasteiger partial charge in [0.05, 0.1) is 17.0 Å². The van der Waals surface area contributed by atoms with Crippen molar-refractivity contribution in [3.05, 3.63) is 81.0 Å². The monoisotopic (exact) mass is 435 g/mol. The summed E-state index contributed by atoms with van der Waals surface area (Å²) in [6.45, 7) is 5.98. The van der Waals surface area contributed by atoms with E-state index in [1.54, 1.807) is 4.57 Å². The summed E-state index contributed by atoms with van der Waals surface area (Å²) in [5.74, 6) is 0.0124. The lowest BCUT2D eigenvalue weighted by molar-refractivity contribution is -0.113. The number of rotatable bonds is 5. The number of thiophene rings is 1. The van der Waals surface area contributed by atoms with Gasteiger partial charge in [-0.1, -0.05) is 41.6 Å². The van der Waals surface area contributed by atoms with Gasteiger partial charge in [-0.05, 0) is 61.5 Å². The third-order valence-electron chi connectivity index (χ3n) is 4.68. The van der Waals surface area contributed by atoms with Crippen LogP contribution in [0.2, 0.25) is 0 Å². The van der Waals surface area contributed by atoms with Gasteiger partial charge in [0.2, 0.25) is 5.91 Å². The molecule has 30 heavy (non-hydrogen) atoms. The molecule has 0 atom stereocenters. The second kappa shape index (κ2) is 8.45. The normalized spacial score (nSPS) is 11.0. The number of nitrogens with zero attached hydrogens (tertiary/aromatic N) is 2. The Morgan fingerprint density at radius 2 is 1.90 bits per heavy atom. The number of carbonyl (C=O) groups is 1. The highest BCUT2D eigenvalue weighted by Crippen LogP contribution is 2.25. The highest BCUT2D eigenvalue weighted by atomic mass is 32.2. The molecule has 0 saturated carbocycles. The summed E-state index contributed by atoms with van der Waals surface area (Å²) in [6, 6.07) is 15.5. The molecule has 0 aliphatic carbocycles. The van der Waals surface area contributed by atoms with E-state index in [-0.39, 0.29) is 17.2 Å². The zero-order valence-electron chi connectivity index (χ0n) is 16.9. The quantitative estimate of drug-likeness (QED) is 0.350. The minimum atomic E-state index is -0.141. The summed E-state index contributed by atoms with van der Waals surface area (Å²) in [4.78, 5) is 30.4. The maximum atomic E-state index is 13.2. The van der Waals surface area contributed by atoms with Crippen molar-refractivity contribution in [1.29, 1.82) is 0 Å². The van der Waals surface area contributed by atoms with Crippen LogP contribution in [-0.2, 0) is 4.79 Å². The number of carbonyl (C=O) groups excluding carboxylic acids is 1. The molecule has 0 bridgehead atoms. The third kappa shape index (κ3) is 4.17. The molecule has 2 aromatic heterocycles. The minimum Gasteiger partial charge on any atom is -0.325 e. The number of benzene rings is 2. The van der Waals surface area contributed by atoms with E-state index in [0.717, 1.165) is 28.1 Å². The topological polar surface area (TPSA) is 64.0 Å². The average Bonchev–Trinajstić information content (AvgIpc) is 3.16. The second-order valence-corrected chi connectivity index (χ2v) is 9.02. The molecule has 152 valence electrons. The first-order chi connectivity index (χ1) is 14.4. The number of aromatic nitrogens is 2. The van der Waals surface area contributed by atoms with Gasteiger partial charge in [-0.15, -0.1) is 11.3 Å². The van der Waals surface area contributed by atoms with Crippen molar-refractivity contribution in [2.75, 3.05) is 11.1 Å². The third-order valence-corrected chi connectivity index (χ3v) is 6.51. The molecule has 7 heteroatoms. The van der Waals surface area contributed by atoms with Crippen LogP contribution in [-0.4, -0.2) is 21.2 Å². The number of anilines is 1. The summed E-state index contributed by atoms with van der Waals surface area (Å²) in [7, 11) is 0. The maximum absolute atomic E-state index is 13.2. The SMILES string of the molecule is Cc1cccc(NC(=O)CSc2nc3ccsc3c(=O)n2-c2ccc(C)cc2C)c1. The van der Waals surface area contributed by atoms with Crippen molar-refractivity contribution >= 4 is 44.9 Å². The fourth-order valence-corrected chi connectivity index (χ4v) is 4.87. The van der Waals surface area contributed by atoms with Gasteiger partial charge < -0.3 is 5.32 Å². The molecule has 0 aliphatic heterocycles. The number of aryl methyl sites for hydroxylation is 3. The van der Waals surface area contributed by atoms with Crippen LogP contribution in [0.4, 0.5) is 5.69 Å². The smallest absolute Gasteiger partial charge is 0.276 e. The largest absolute Gasteiger partial charge is 0.325 e. The van der Waals surface area contributed by atoms with Crippen LogP contribution < -0.4 is 10.9 Å². The van der Waals surface area contributed by atoms with Crippen molar-refractivity contribution in [2.24, 2.45) is 0 Å². The molecule has 0 radical (unpaired) electrons. The summed E-state index contributed by atoms with van der Waals surface area (Å²) in [5.41, 5.74) is 5.29. The molecule has 4 rings (SSSR count). The van der Waals surface area contributed by atoms with Crippen molar-refractivity contribution in [2.45, 2.75) is 25.9 Å². The standard InChI is InChI=1S/C23H21N3O2S2/c1-14-5-4-6-17(12-14)24-20(27)13-30-23-25-18-9-10-29-21(18)22(28)26(23)19-8-7-15(2)11-16(19)3/h4-12H,13H2,1-3H3,(H,24,27). The first kappa shape index (κ1) is 20.4. The van der Waals surface area contributed by atoms with Gasteiger partial charge in [0.25, 0.3) is 5.56 Å². The zero-order valence-corrected chi connectivity index (χ0v) is 18.6. The van der Waals surface area contributed by atoms with Gasteiger partial charge in [0, 0.05) is 5.69 Å². The van der Waals surface area contributed by atoms with Crippen LogP contribution in [0.5, 0.6) is 0 Å². The van der Waals surface area contributed by atoms with Gasteiger partial charge in [-0.3, -0.25) is 14.2 Å². The molecule has 0 unspecified atom stereocenters. The van der Waals surface area contributed by atoms with Crippen LogP contribution in [0.25, 0.3) is 15.9 Å². The molecule has 2 aromatic carbocycles. The van der Waals surface area contributed by atoms with E-state index in [9.17, 15) is 9.59 Å². The van der Waals surface area contributed by atoms with Crippen molar-refractivity contribution < 1.29 is 4.79 Å². The van der Waals surface area contributed by atoms with E-state index in [1.807, 2.05) is 74.7 Å². The Morgan fingerprint density at radius 3 is 2.67 bits per heavy atom. The van der Waals surface area contributed by atoms with Crippen LogP contribution in [0.1, 0.15) is 16.7 Å². The molecule has 1 N–H and O–H groups in total. The molecule has 4 aromatic rings. The van der Waals surface area contributed by atoms with Gasteiger partial charge in [-0.2, -0.15) is 0 Å². The highest BCUT2D eigenvalue weighted by Gasteiger charge is 2.17. The molecular weight excluding hydrogens is 414 g/mol. The number of hydrogen-bond donors (Lipinski definition) is 1. The van der Waals surface area contributed by atoms with Crippen LogP contribution in [0.15, 0.2) is 63.9 Å². The summed E-state index contributed by atoms with van der Waals surface area (Å²) in [6.07, 6.45) is 0. The Kier molecular flexibility index (Phi) is 5.74. The zero-order chi connectivity index (χ0) is 21.3. The lowest BCUT2D eigenvalue weighted by atomic mass is 10.1. The van der Waals surface area contributed by atoms with Gasteiger partial charge in [-0.25, -0.2) is 4.98 Å². The molecule has 0 fully saturated rings. The van der Waals surface area contributed by atoms with E-state index in [1.165, 1.54) is 23.1 Å². The minimum absolute atomic E-state index is 0.108. The van der Waals surface area contributed by atoms with Crippen LogP contribution in [0, 0.1) is 20.8 Å². The highest BCUT2D eigenvalue weighted by molar-refractivity contribution is 7.99. The molecule has 0 saturated heterocycles. The summed E-state index contributed by atoms with van der Waals surface area (Å²) in [5, 5.41) is 5.28. The van der Waals surface area contributed by atoms with Gasteiger partial charge in [0.15, 0.2) is 5.16 Å². The van der Waals surface area contributed by atoms with E-state index in [4.69, 9.17) is 0 Å². The number of thioether (sulfide) groups is 1. The van der Waals surface area contributed by atoms with Gasteiger partial charge >= 0.3 is 0 Å². The number of fused-ring (bicyclic) bond motifs is 1. The molecule has 1 amide bonds. The first-order valence-corrected chi connectivity index (χ1v) is 11.4. The molecular formula is C23H21N3O2S2. The lowest BCUT2D eigenvalue weighted by Gasteiger charge is -2.14. The Labute approximate surface area is 182 Å². The number of hydrogen-bond acceptors (Lipinski definition) is 5. The average molecular weight is 436 g/mol. The number of nitrogens with one attached hydrogen (secondary N) is 1. The Balaban J connectivity index is 1.67. The predicted octanol–water partition coefficient (Wildman–Crippen LogP) is 5.10. The Hall–Kier alpha value is -2.90. The summed E-state index contributed by atoms with van der Waals surface area (Å²) < 4.78 is 2.24. The lowest BCUT2D eigenvalue weighted by Crippen LogP contribution is -2.23. The van der Waals surface area contributed by atoms with E-state index >= 15 is 0 Å². The van der Waals surface area contributed by atoms with Gasteiger partial charge in [0.1, 0.15) is 4.70 Å². The van der Waals surface area contributed by atoms with Crippen LogP contribution in [0.3, 0.4) is 0 Å². The van der Waals surface area contributed by atoms with Crippen molar-refractivity contribution in [1.82, 2.24) is 9.55 Å². The molecule has 5 nitrogen and oxygen atoms in total. The number of amides is 1. The second-order valence-electron chi connectivity index (χ2n) is 7.17. The fraction of sp³-hybridized carbons (Fsp3) is 0.174. The Bertz CT molecular complexity index is 1310. The van der Waals surface area contributed by atoms with Crippen LogP contribution >= 0.6 is 23.1 Å². The maximum Gasteiger partial charge on any atom is 0.276 e. The van der Waals surface area contributed by atoms with Crippen molar-refractivity contribution in [3.63, 3.8) is 0 Å². The first-order valence-electron chi connectivity index (χ1n) is 9.49. The van der Waals surface area contributed by atoms with E-state index in [0.29, 0.717) is 15.4 Å². The van der Waals surface area contributed by atoms with E-state index in [2.05, 4.69) is 10.3 Å². The Morgan fingerprint density at radius 1 is 1.10 bits per heavy atom. The predicted molar refractivity (Wildman–Crippen MR) is 125 cm³/mol.